The van der Waals surface area contributed by atoms with Crippen molar-refractivity contribution >= 4 is 15.7 Å². The molecule has 3 aromatic rings. The molecule has 0 saturated carbocycles. The molecule has 2 aromatic heterocycles. The zero-order chi connectivity index (χ0) is 17.4. The molecular weight excluding hydrogens is 336 g/mol. The number of rotatable bonds is 3. The molecule has 0 spiro atoms. The molecule has 0 unspecified atom stereocenters. The molecule has 1 atom stereocenters. The lowest BCUT2D eigenvalue weighted by Crippen LogP contribution is -2.39. The standard InChI is InChI=1S/C18H20N4O2S/c1-14-7-9-16(10-8-14)25(23,24)21-11-4-5-15(13-21)18-20-19-17-6-2-3-12-22(17)18/h2-3,6-10,12,15H,4-5,11,13H2,1H3/t15-/m1/s1. The average molecular weight is 356 g/mol. The lowest BCUT2D eigenvalue weighted by molar-refractivity contribution is 0.308. The van der Waals surface area contributed by atoms with Crippen molar-refractivity contribution in [2.24, 2.45) is 0 Å². The summed E-state index contributed by atoms with van der Waals surface area (Å²) in [7, 11) is -3.48. The summed E-state index contributed by atoms with van der Waals surface area (Å²) in [5.74, 6) is 0.880. The quantitative estimate of drug-likeness (QED) is 0.723. The largest absolute Gasteiger partial charge is 0.286 e. The van der Waals surface area contributed by atoms with Gasteiger partial charge in [-0.05, 0) is 44.0 Å². The molecule has 1 aromatic carbocycles. The lowest BCUT2D eigenvalue weighted by atomic mass is 9.99. The maximum atomic E-state index is 13.0. The van der Waals surface area contributed by atoms with Crippen LogP contribution in [-0.4, -0.2) is 40.4 Å². The molecule has 1 aliphatic heterocycles. The van der Waals surface area contributed by atoms with E-state index in [1.807, 2.05) is 47.9 Å². The third-order valence-corrected chi connectivity index (χ3v) is 6.63. The molecule has 25 heavy (non-hydrogen) atoms. The smallest absolute Gasteiger partial charge is 0.243 e. The minimum atomic E-state index is -3.48. The van der Waals surface area contributed by atoms with Crippen molar-refractivity contribution in [2.75, 3.05) is 13.1 Å². The summed E-state index contributed by atoms with van der Waals surface area (Å²) in [4.78, 5) is 0.352. The Morgan fingerprint density at radius 3 is 2.68 bits per heavy atom. The molecular formula is C18H20N4O2S. The third kappa shape index (κ3) is 2.94. The van der Waals surface area contributed by atoms with Crippen molar-refractivity contribution in [3.8, 4) is 0 Å². The van der Waals surface area contributed by atoms with Gasteiger partial charge in [-0.25, -0.2) is 8.42 Å². The predicted octanol–water partition coefficient (Wildman–Crippen LogP) is 2.61. The number of hydrogen-bond donors (Lipinski definition) is 0. The summed E-state index contributed by atoms with van der Waals surface area (Å²) >= 11 is 0. The number of aromatic nitrogens is 3. The number of nitrogens with zero attached hydrogens (tertiary/aromatic N) is 4. The van der Waals surface area contributed by atoms with Crippen LogP contribution in [0.15, 0.2) is 53.6 Å². The van der Waals surface area contributed by atoms with Gasteiger partial charge in [-0.2, -0.15) is 4.31 Å². The summed E-state index contributed by atoms with van der Waals surface area (Å²) in [6.45, 7) is 2.93. The zero-order valence-corrected chi connectivity index (χ0v) is 14.9. The fourth-order valence-electron chi connectivity index (χ4n) is 3.37. The van der Waals surface area contributed by atoms with E-state index < -0.39 is 10.0 Å². The Bertz CT molecular complexity index is 995. The van der Waals surface area contributed by atoms with Crippen molar-refractivity contribution in [3.63, 3.8) is 0 Å². The van der Waals surface area contributed by atoms with E-state index >= 15 is 0 Å². The number of aryl methyl sites for hydroxylation is 1. The Kier molecular flexibility index (Phi) is 4.05. The lowest BCUT2D eigenvalue weighted by Gasteiger charge is -2.31. The van der Waals surface area contributed by atoms with Crippen LogP contribution in [0.5, 0.6) is 0 Å². The normalized spacial score (nSPS) is 19.3. The minimum Gasteiger partial charge on any atom is -0.286 e. The Morgan fingerprint density at radius 1 is 1.08 bits per heavy atom. The van der Waals surface area contributed by atoms with E-state index in [1.165, 1.54) is 0 Å². The molecule has 1 saturated heterocycles. The first-order valence-corrected chi connectivity index (χ1v) is 9.86. The molecule has 0 aliphatic carbocycles. The summed E-state index contributed by atoms with van der Waals surface area (Å²) in [6.07, 6.45) is 3.66. The van der Waals surface area contributed by atoms with Crippen LogP contribution in [-0.2, 0) is 10.0 Å². The van der Waals surface area contributed by atoms with E-state index in [-0.39, 0.29) is 5.92 Å². The SMILES string of the molecule is Cc1ccc(S(=O)(=O)N2CCC[C@@H](c3nnc4ccccn34)C2)cc1. The highest BCUT2D eigenvalue weighted by Crippen LogP contribution is 2.29. The predicted molar refractivity (Wildman–Crippen MR) is 94.9 cm³/mol. The van der Waals surface area contributed by atoms with Gasteiger partial charge in [-0.3, -0.25) is 4.40 Å². The highest BCUT2D eigenvalue weighted by molar-refractivity contribution is 7.89. The van der Waals surface area contributed by atoms with Crippen molar-refractivity contribution in [1.29, 1.82) is 0 Å². The molecule has 0 N–H and O–H groups in total. The van der Waals surface area contributed by atoms with E-state index in [4.69, 9.17) is 0 Å². The molecule has 1 fully saturated rings. The first-order valence-electron chi connectivity index (χ1n) is 8.42. The van der Waals surface area contributed by atoms with Crippen LogP contribution in [0.4, 0.5) is 0 Å². The van der Waals surface area contributed by atoms with Crippen LogP contribution in [0, 0.1) is 6.92 Å². The number of benzene rings is 1. The maximum absolute atomic E-state index is 13.0. The van der Waals surface area contributed by atoms with Gasteiger partial charge in [0.1, 0.15) is 5.82 Å². The van der Waals surface area contributed by atoms with Crippen molar-refractivity contribution in [2.45, 2.75) is 30.6 Å². The number of piperidine rings is 1. The molecule has 0 bridgehead atoms. The van der Waals surface area contributed by atoms with Gasteiger partial charge < -0.3 is 0 Å². The van der Waals surface area contributed by atoms with Gasteiger partial charge in [0.2, 0.25) is 10.0 Å². The molecule has 0 radical (unpaired) electrons. The van der Waals surface area contributed by atoms with Crippen LogP contribution in [0.3, 0.4) is 0 Å². The molecule has 0 amide bonds. The number of hydrogen-bond acceptors (Lipinski definition) is 4. The Balaban J connectivity index is 1.63. The van der Waals surface area contributed by atoms with Gasteiger partial charge in [0, 0.05) is 25.2 Å². The Morgan fingerprint density at radius 2 is 1.88 bits per heavy atom. The van der Waals surface area contributed by atoms with Gasteiger partial charge >= 0.3 is 0 Å². The minimum absolute atomic E-state index is 0.0476. The number of pyridine rings is 1. The van der Waals surface area contributed by atoms with Crippen LogP contribution >= 0.6 is 0 Å². The van der Waals surface area contributed by atoms with Gasteiger partial charge in [0.15, 0.2) is 5.65 Å². The molecule has 7 heteroatoms. The van der Waals surface area contributed by atoms with Gasteiger partial charge in [-0.15, -0.1) is 10.2 Å². The third-order valence-electron chi connectivity index (χ3n) is 4.75. The first-order chi connectivity index (χ1) is 12.1. The second-order valence-electron chi connectivity index (χ2n) is 6.50. The topological polar surface area (TPSA) is 67.6 Å². The maximum Gasteiger partial charge on any atom is 0.243 e. The molecule has 1 aliphatic rings. The summed E-state index contributed by atoms with van der Waals surface area (Å²) in [6, 6.07) is 12.8. The van der Waals surface area contributed by atoms with E-state index in [1.54, 1.807) is 16.4 Å². The first kappa shape index (κ1) is 16.2. The van der Waals surface area contributed by atoms with E-state index in [9.17, 15) is 8.42 Å². The van der Waals surface area contributed by atoms with Crippen LogP contribution in [0.2, 0.25) is 0 Å². The van der Waals surface area contributed by atoms with Crippen LogP contribution in [0.1, 0.15) is 30.1 Å². The van der Waals surface area contributed by atoms with Gasteiger partial charge in [0.25, 0.3) is 0 Å². The molecule has 6 nitrogen and oxygen atoms in total. The van der Waals surface area contributed by atoms with Crippen molar-refractivity contribution in [3.05, 3.63) is 60.0 Å². The van der Waals surface area contributed by atoms with Crippen LogP contribution in [0.25, 0.3) is 5.65 Å². The van der Waals surface area contributed by atoms with Crippen LogP contribution < -0.4 is 0 Å². The van der Waals surface area contributed by atoms with E-state index in [0.29, 0.717) is 18.0 Å². The molecule has 4 rings (SSSR count). The fourth-order valence-corrected chi connectivity index (χ4v) is 4.89. The summed E-state index contributed by atoms with van der Waals surface area (Å²) in [5, 5.41) is 8.51. The number of sulfonamides is 1. The molecule has 130 valence electrons. The Labute approximate surface area is 147 Å². The second kappa shape index (κ2) is 6.24. The van der Waals surface area contributed by atoms with Gasteiger partial charge in [-0.1, -0.05) is 23.8 Å². The van der Waals surface area contributed by atoms with Crippen molar-refractivity contribution < 1.29 is 8.42 Å². The number of fused-ring (bicyclic) bond motifs is 1. The molecule has 3 heterocycles. The average Bonchev–Trinajstić information content (AvgIpc) is 3.06. The Hall–Kier alpha value is -2.25. The highest BCUT2D eigenvalue weighted by atomic mass is 32.2. The van der Waals surface area contributed by atoms with E-state index in [2.05, 4.69) is 10.2 Å². The zero-order valence-electron chi connectivity index (χ0n) is 14.0. The monoisotopic (exact) mass is 356 g/mol. The fraction of sp³-hybridized carbons (Fsp3) is 0.333. The second-order valence-corrected chi connectivity index (χ2v) is 8.44. The van der Waals surface area contributed by atoms with Gasteiger partial charge in [0.05, 0.1) is 4.90 Å². The highest BCUT2D eigenvalue weighted by Gasteiger charge is 2.32. The van der Waals surface area contributed by atoms with Crippen molar-refractivity contribution in [1.82, 2.24) is 18.9 Å². The summed E-state index contributed by atoms with van der Waals surface area (Å²) in [5.41, 5.74) is 1.83. The van der Waals surface area contributed by atoms with E-state index in [0.717, 1.165) is 29.9 Å². The summed E-state index contributed by atoms with van der Waals surface area (Å²) < 4.78 is 29.5.